The number of ether oxygens (including phenoxy) is 2. The number of carbonyl (C=O) groups is 2. The summed E-state index contributed by atoms with van der Waals surface area (Å²) in [6.07, 6.45) is 8.83. The number of carbonyl (C=O) groups excluding carboxylic acids is 2. The van der Waals surface area contributed by atoms with Crippen molar-refractivity contribution in [2.24, 2.45) is 0 Å². The third-order valence-electron chi connectivity index (χ3n) is 5.09. The predicted octanol–water partition coefficient (Wildman–Crippen LogP) is 2.06. The summed E-state index contributed by atoms with van der Waals surface area (Å²) in [4.78, 5) is 35.9. The molecule has 1 aliphatic heterocycles. The first kappa shape index (κ1) is 22.2. The molecule has 1 saturated heterocycles. The zero-order valence-corrected chi connectivity index (χ0v) is 18.6. The van der Waals surface area contributed by atoms with Crippen molar-refractivity contribution < 1.29 is 19.1 Å². The molecule has 4 heterocycles. The van der Waals surface area contributed by atoms with Gasteiger partial charge in [0.25, 0.3) is 5.91 Å². The number of urea groups is 1. The smallest absolute Gasteiger partial charge is 0.323 e. The van der Waals surface area contributed by atoms with Crippen molar-refractivity contribution >= 4 is 34.1 Å². The van der Waals surface area contributed by atoms with Crippen LogP contribution in [0.25, 0.3) is 5.65 Å². The summed E-state index contributed by atoms with van der Waals surface area (Å²) in [7, 11) is 1.58. The van der Waals surface area contributed by atoms with Crippen molar-refractivity contribution in [3.63, 3.8) is 0 Å². The first-order chi connectivity index (χ1) is 15.6. The Kier molecular flexibility index (Phi) is 7.30. The Labute approximate surface area is 189 Å². The van der Waals surface area contributed by atoms with Crippen molar-refractivity contribution in [3.8, 4) is 0 Å². The number of rotatable bonds is 9. The average Bonchev–Trinajstić information content (AvgIpc) is 3.57. The van der Waals surface area contributed by atoms with Crippen LogP contribution in [0.4, 0.5) is 9.93 Å². The first-order valence-corrected chi connectivity index (χ1v) is 11.3. The second-order valence-electron chi connectivity index (χ2n) is 7.39. The number of amides is 3. The topological polar surface area (TPSA) is 110 Å². The molecule has 4 rings (SSSR count). The highest BCUT2D eigenvalue weighted by Gasteiger charge is 2.26. The van der Waals surface area contributed by atoms with E-state index in [0.29, 0.717) is 42.9 Å². The quantitative estimate of drug-likeness (QED) is 0.475. The molecule has 3 aromatic rings. The number of methoxy groups -OCH3 is 1. The number of aromatic nitrogens is 3. The predicted molar refractivity (Wildman–Crippen MR) is 120 cm³/mol. The summed E-state index contributed by atoms with van der Waals surface area (Å²) in [5.41, 5.74) is 1.80. The number of thiazole rings is 1. The van der Waals surface area contributed by atoms with Crippen LogP contribution in [0.2, 0.25) is 0 Å². The van der Waals surface area contributed by atoms with Gasteiger partial charge in [-0.15, -0.1) is 0 Å². The lowest BCUT2D eigenvalue weighted by Crippen LogP contribution is -2.44. The summed E-state index contributed by atoms with van der Waals surface area (Å²) in [6.45, 7) is 2.25. The Morgan fingerprint density at radius 1 is 1.34 bits per heavy atom. The van der Waals surface area contributed by atoms with E-state index in [1.165, 1.54) is 17.5 Å². The van der Waals surface area contributed by atoms with Crippen LogP contribution in [0.1, 0.15) is 28.1 Å². The van der Waals surface area contributed by atoms with Crippen molar-refractivity contribution in [1.29, 1.82) is 0 Å². The van der Waals surface area contributed by atoms with Gasteiger partial charge < -0.3 is 24.5 Å². The monoisotopic (exact) mass is 458 g/mol. The fraction of sp³-hybridized carbons (Fsp3) is 0.429. The van der Waals surface area contributed by atoms with Crippen molar-refractivity contribution in [2.45, 2.75) is 25.5 Å². The number of anilines is 1. The Balaban J connectivity index is 1.40. The van der Waals surface area contributed by atoms with Gasteiger partial charge in [0.1, 0.15) is 10.5 Å². The number of nitrogens with zero attached hydrogens (tertiary/aromatic N) is 4. The van der Waals surface area contributed by atoms with Crippen LogP contribution in [0.15, 0.2) is 36.9 Å². The van der Waals surface area contributed by atoms with Gasteiger partial charge in [0.15, 0.2) is 5.13 Å². The van der Waals surface area contributed by atoms with E-state index in [4.69, 9.17) is 9.47 Å². The highest BCUT2D eigenvalue weighted by atomic mass is 32.1. The lowest BCUT2D eigenvalue weighted by molar-refractivity contribution is 0.0954. The molecule has 0 spiro atoms. The van der Waals surface area contributed by atoms with E-state index >= 15 is 0 Å². The SMILES string of the molecule is COCCNC(=O)N(C[C@H]1CCCO1)c1ncc(C(=O)NCc2ccc3nccn3c2)s1. The lowest BCUT2D eigenvalue weighted by atomic mass is 10.2. The number of imidazole rings is 1. The molecular weight excluding hydrogens is 432 g/mol. The highest BCUT2D eigenvalue weighted by molar-refractivity contribution is 7.17. The molecule has 0 aliphatic carbocycles. The molecule has 1 atom stereocenters. The van der Waals surface area contributed by atoms with Crippen LogP contribution in [-0.2, 0) is 16.0 Å². The normalized spacial score (nSPS) is 15.7. The molecule has 1 aliphatic rings. The Hall–Kier alpha value is -3.02. The number of hydrogen-bond acceptors (Lipinski definition) is 7. The molecule has 3 aromatic heterocycles. The molecule has 3 amide bonds. The van der Waals surface area contributed by atoms with Gasteiger partial charge in [-0.05, 0) is 24.5 Å². The molecular formula is C21H26N6O4S. The first-order valence-electron chi connectivity index (χ1n) is 10.5. The number of pyridine rings is 1. The molecule has 0 radical (unpaired) electrons. The lowest BCUT2D eigenvalue weighted by Gasteiger charge is -2.23. The molecule has 10 nitrogen and oxygen atoms in total. The Morgan fingerprint density at radius 2 is 2.25 bits per heavy atom. The largest absolute Gasteiger partial charge is 0.383 e. The van der Waals surface area contributed by atoms with Gasteiger partial charge in [-0.1, -0.05) is 17.4 Å². The van der Waals surface area contributed by atoms with Gasteiger partial charge in [0.05, 0.1) is 25.5 Å². The maximum absolute atomic E-state index is 12.7. The molecule has 0 saturated carbocycles. The molecule has 0 unspecified atom stereocenters. The van der Waals surface area contributed by atoms with Gasteiger partial charge >= 0.3 is 6.03 Å². The summed E-state index contributed by atoms with van der Waals surface area (Å²) < 4.78 is 12.6. The average molecular weight is 459 g/mol. The number of hydrogen-bond donors (Lipinski definition) is 2. The van der Waals surface area contributed by atoms with Crippen LogP contribution in [0, 0.1) is 0 Å². The van der Waals surface area contributed by atoms with Crippen molar-refractivity contribution in [3.05, 3.63) is 47.4 Å². The standard InChI is InChI=1S/C21H26N6O4S/c1-30-10-7-23-20(29)27(14-16-3-2-9-31-16)21-25-12-17(32-21)19(28)24-11-15-4-5-18-22-6-8-26(18)13-15/h4-6,8,12-13,16H,2-3,7,9-11,14H2,1H3,(H,23,29)(H,24,28)/t16-/m1/s1. The van der Waals surface area contributed by atoms with E-state index in [1.54, 1.807) is 18.2 Å². The van der Waals surface area contributed by atoms with Crippen LogP contribution in [-0.4, -0.2) is 65.8 Å². The van der Waals surface area contributed by atoms with E-state index in [-0.39, 0.29) is 18.0 Å². The Morgan fingerprint density at radius 3 is 3.06 bits per heavy atom. The van der Waals surface area contributed by atoms with Crippen molar-refractivity contribution in [1.82, 2.24) is 25.0 Å². The minimum absolute atomic E-state index is 0.0394. The minimum atomic E-state index is -0.285. The molecule has 1 fully saturated rings. The zero-order chi connectivity index (χ0) is 22.3. The van der Waals surface area contributed by atoms with Gasteiger partial charge in [-0.2, -0.15) is 0 Å². The molecule has 170 valence electrons. The van der Waals surface area contributed by atoms with Gasteiger partial charge in [0, 0.05) is 45.4 Å². The summed E-state index contributed by atoms with van der Waals surface area (Å²) in [5, 5.41) is 6.18. The maximum atomic E-state index is 12.7. The fourth-order valence-electron chi connectivity index (χ4n) is 3.43. The van der Waals surface area contributed by atoms with Gasteiger partial charge in [-0.3, -0.25) is 9.69 Å². The second-order valence-corrected chi connectivity index (χ2v) is 8.40. The fourth-order valence-corrected chi connectivity index (χ4v) is 4.27. The van der Waals surface area contributed by atoms with E-state index < -0.39 is 0 Å². The number of nitrogens with one attached hydrogen (secondary N) is 2. The van der Waals surface area contributed by atoms with E-state index in [9.17, 15) is 9.59 Å². The van der Waals surface area contributed by atoms with Gasteiger partial charge in [0.2, 0.25) is 0 Å². The summed E-state index contributed by atoms with van der Waals surface area (Å²) >= 11 is 1.18. The molecule has 11 heteroatoms. The van der Waals surface area contributed by atoms with Crippen LogP contribution < -0.4 is 15.5 Å². The zero-order valence-electron chi connectivity index (χ0n) is 17.8. The Bertz CT molecular complexity index is 1060. The van der Waals surface area contributed by atoms with Crippen molar-refractivity contribution in [2.75, 3.05) is 38.3 Å². The third-order valence-corrected chi connectivity index (χ3v) is 6.11. The van der Waals surface area contributed by atoms with E-state index in [0.717, 1.165) is 24.1 Å². The van der Waals surface area contributed by atoms with E-state index in [1.807, 2.05) is 28.9 Å². The second kappa shape index (κ2) is 10.5. The summed E-state index contributed by atoms with van der Waals surface area (Å²) in [6, 6.07) is 3.54. The van der Waals surface area contributed by atoms with Crippen LogP contribution >= 0.6 is 11.3 Å². The molecule has 0 aromatic carbocycles. The minimum Gasteiger partial charge on any atom is -0.383 e. The van der Waals surface area contributed by atoms with E-state index in [2.05, 4.69) is 20.6 Å². The molecule has 32 heavy (non-hydrogen) atoms. The summed E-state index contributed by atoms with van der Waals surface area (Å²) in [5.74, 6) is -0.240. The van der Waals surface area contributed by atoms with Crippen LogP contribution in [0.3, 0.4) is 0 Å². The maximum Gasteiger partial charge on any atom is 0.323 e. The molecule has 0 bridgehead atoms. The van der Waals surface area contributed by atoms with Gasteiger partial charge in [-0.25, -0.2) is 14.8 Å². The highest BCUT2D eigenvalue weighted by Crippen LogP contribution is 2.25. The van der Waals surface area contributed by atoms with Crippen LogP contribution in [0.5, 0.6) is 0 Å². The third kappa shape index (κ3) is 5.42. The number of fused-ring (bicyclic) bond motifs is 1. The molecule has 2 N–H and O–H groups in total.